The van der Waals surface area contributed by atoms with Gasteiger partial charge < -0.3 is 10.2 Å². The summed E-state index contributed by atoms with van der Waals surface area (Å²) in [5.74, 6) is -0.978. The largest absolute Gasteiger partial charge is 0.872 e. The molecule has 0 radical (unpaired) electrons. The van der Waals surface area contributed by atoms with Gasteiger partial charge in [-0.25, -0.2) is 4.79 Å². The topological polar surface area (TPSA) is 60.4 Å². The van der Waals surface area contributed by atoms with Gasteiger partial charge in [0.25, 0.3) is 0 Å². The van der Waals surface area contributed by atoms with Gasteiger partial charge in [-0.15, -0.1) is 0 Å². The molecule has 0 fully saturated rings. The zero-order valence-electron chi connectivity index (χ0n) is 8.68. The fourth-order valence-corrected chi connectivity index (χ4v) is 1.82. The summed E-state index contributed by atoms with van der Waals surface area (Å²) < 4.78 is 0.675. The normalized spacial score (nSPS) is 10.2. The van der Waals surface area contributed by atoms with E-state index >= 15 is 0 Å². The highest BCUT2D eigenvalue weighted by Gasteiger charge is 2.03. The summed E-state index contributed by atoms with van der Waals surface area (Å²) in [5, 5.41) is 20.3. The minimum atomic E-state index is -0.955. The van der Waals surface area contributed by atoms with E-state index in [2.05, 4.69) is 0 Å². The lowest BCUT2D eigenvalue weighted by molar-refractivity contribution is -0.269. The minimum Gasteiger partial charge on any atom is -0.872 e. The Morgan fingerprint density at radius 3 is 2.18 bits per heavy atom. The van der Waals surface area contributed by atoms with Gasteiger partial charge in [0.1, 0.15) is 0 Å². The average molecular weight is 339 g/mol. The third-order valence-corrected chi connectivity index (χ3v) is 3.29. The second-order valence-corrected chi connectivity index (χ2v) is 4.69. The van der Waals surface area contributed by atoms with Crippen molar-refractivity contribution in [1.82, 2.24) is 0 Å². The monoisotopic (exact) mass is 339 g/mol. The molecule has 0 saturated heterocycles. The van der Waals surface area contributed by atoms with E-state index in [1.807, 2.05) is 28.7 Å². The van der Waals surface area contributed by atoms with Crippen LogP contribution in [0.25, 0.3) is 11.1 Å². The SMILES string of the molecule is O=C(O)c1ccc(-c2ccc(I)c([O-])c2)cc1. The number of benzene rings is 2. The Labute approximate surface area is 112 Å². The van der Waals surface area contributed by atoms with E-state index in [1.165, 1.54) is 12.1 Å². The molecule has 3 nitrogen and oxygen atoms in total. The summed E-state index contributed by atoms with van der Waals surface area (Å²) in [6.45, 7) is 0. The smallest absolute Gasteiger partial charge is 0.335 e. The quantitative estimate of drug-likeness (QED) is 0.856. The van der Waals surface area contributed by atoms with Crippen molar-refractivity contribution < 1.29 is 15.0 Å². The van der Waals surface area contributed by atoms with Crippen LogP contribution in [0.15, 0.2) is 42.5 Å². The van der Waals surface area contributed by atoms with E-state index in [4.69, 9.17) is 5.11 Å². The van der Waals surface area contributed by atoms with Gasteiger partial charge >= 0.3 is 5.97 Å². The lowest BCUT2D eigenvalue weighted by atomic mass is 10.0. The molecule has 0 spiro atoms. The minimum absolute atomic E-state index is 0.0228. The lowest BCUT2D eigenvalue weighted by Crippen LogP contribution is -1.96. The van der Waals surface area contributed by atoms with E-state index in [-0.39, 0.29) is 11.3 Å². The number of rotatable bonds is 2. The van der Waals surface area contributed by atoms with Gasteiger partial charge in [-0.05, 0) is 51.9 Å². The van der Waals surface area contributed by atoms with Crippen LogP contribution in [0.4, 0.5) is 0 Å². The Morgan fingerprint density at radius 2 is 1.65 bits per heavy atom. The number of aromatic carboxylic acids is 1. The molecule has 17 heavy (non-hydrogen) atoms. The van der Waals surface area contributed by atoms with Gasteiger partial charge in [-0.1, -0.05) is 30.0 Å². The molecule has 0 heterocycles. The molecule has 86 valence electrons. The number of carboxylic acid groups (broad SMARTS) is 1. The molecule has 1 N–H and O–H groups in total. The van der Waals surface area contributed by atoms with Crippen LogP contribution in [-0.2, 0) is 0 Å². The van der Waals surface area contributed by atoms with Gasteiger partial charge in [0, 0.05) is 3.57 Å². The molecule has 0 aliphatic carbocycles. The molecular weight excluding hydrogens is 331 g/mol. The molecule has 0 aliphatic heterocycles. The number of hydrogen-bond donors (Lipinski definition) is 1. The van der Waals surface area contributed by atoms with Crippen LogP contribution >= 0.6 is 22.6 Å². The van der Waals surface area contributed by atoms with Crippen LogP contribution in [-0.4, -0.2) is 11.1 Å². The first-order valence-corrected chi connectivity index (χ1v) is 5.96. The first kappa shape index (κ1) is 11.9. The number of halogens is 1. The predicted molar refractivity (Wildman–Crippen MR) is 71.0 cm³/mol. The second kappa shape index (κ2) is 4.75. The zero-order valence-corrected chi connectivity index (χ0v) is 10.8. The molecule has 2 aromatic rings. The van der Waals surface area contributed by atoms with Crippen molar-refractivity contribution in [3.8, 4) is 16.9 Å². The molecule has 0 saturated carbocycles. The maximum absolute atomic E-state index is 11.5. The van der Waals surface area contributed by atoms with Gasteiger partial charge in [-0.3, -0.25) is 0 Å². The first-order valence-electron chi connectivity index (χ1n) is 4.88. The van der Waals surface area contributed by atoms with Crippen LogP contribution in [0.1, 0.15) is 10.4 Å². The van der Waals surface area contributed by atoms with Gasteiger partial charge in [0.15, 0.2) is 0 Å². The predicted octanol–water partition coefficient (Wildman–Crippen LogP) is 2.73. The Kier molecular flexibility index (Phi) is 3.33. The van der Waals surface area contributed by atoms with Crippen molar-refractivity contribution in [2.75, 3.05) is 0 Å². The summed E-state index contributed by atoms with van der Waals surface area (Å²) >= 11 is 1.98. The number of carbonyl (C=O) groups is 1. The molecule has 0 amide bonds. The molecule has 0 aliphatic rings. The summed E-state index contributed by atoms with van der Waals surface area (Å²) in [4.78, 5) is 10.7. The molecule has 2 rings (SSSR count). The highest BCUT2D eigenvalue weighted by atomic mass is 127. The summed E-state index contributed by atoms with van der Waals surface area (Å²) in [7, 11) is 0. The van der Waals surface area contributed by atoms with Gasteiger partial charge in [0.2, 0.25) is 0 Å². The third kappa shape index (κ3) is 2.58. The number of hydrogen-bond acceptors (Lipinski definition) is 2. The van der Waals surface area contributed by atoms with Crippen molar-refractivity contribution in [3.05, 3.63) is 51.6 Å². The van der Waals surface area contributed by atoms with E-state index in [0.717, 1.165) is 11.1 Å². The third-order valence-electron chi connectivity index (χ3n) is 2.40. The Morgan fingerprint density at radius 1 is 1.06 bits per heavy atom. The standard InChI is InChI=1S/C13H9IO3/c14-11-6-5-10(7-12(11)15)8-1-3-9(4-2-8)13(16)17/h1-7,15H,(H,16,17)/p-1. The van der Waals surface area contributed by atoms with Gasteiger partial charge in [0.05, 0.1) is 5.56 Å². The number of carboxylic acids is 1. The van der Waals surface area contributed by atoms with Crippen molar-refractivity contribution in [3.63, 3.8) is 0 Å². The fraction of sp³-hybridized carbons (Fsp3) is 0. The average Bonchev–Trinajstić information content (AvgIpc) is 2.33. The first-order chi connectivity index (χ1) is 8.08. The molecule has 0 atom stereocenters. The second-order valence-electron chi connectivity index (χ2n) is 3.53. The van der Waals surface area contributed by atoms with E-state index in [1.54, 1.807) is 24.3 Å². The molecule has 0 aromatic heterocycles. The van der Waals surface area contributed by atoms with Crippen LogP contribution in [0, 0.1) is 3.57 Å². The van der Waals surface area contributed by atoms with Crippen molar-refractivity contribution in [1.29, 1.82) is 0 Å². The highest BCUT2D eigenvalue weighted by Crippen LogP contribution is 2.25. The van der Waals surface area contributed by atoms with E-state index < -0.39 is 5.97 Å². The fourth-order valence-electron chi connectivity index (χ4n) is 1.49. The Balaban J connectivity index is 2.39. The molecule has 0 bridgehead atoms. The summed E-state index contributed by atoms with van der Waals surface area (Å²) in [6.07, 6.45) is 0. The van der Waals surface area contributed by atoms with Crippen LogP contribution in [0.5, 0.6) is 5.75 Å². The Hall–Kier alpha value is -1.56. The van der Waals surface area contributed by atoms with E-state index in [0.29, 0.717) is 3.57 Å². The molecule has 4 heteroatoms. The van der Waals surface area contributed by atoms with Crippen LogP contribution in [0.3, 0.4) is 0 Å². The zero-order chi connectivity index (χ0) is 12.4. The molecule has 2 aromatic carbocycles. The van der Waals surface area contributed by atoms with Crippen LogP contribution < -0.4 is 5.11 Å². The van der Waals surface area contributed by atoms with Crippen molar-refractivity contribution in [2.45, 2.75) is 0 Å². The summed E-state index contributed by atoms with van der Waals surface area (Å²) in [5.41, 5.74) is 1.87. The molecular formula is C13H8IO3-. The highest BCUT2D eigenvalue weighted by molar-refractivity contribution is 14.1. The maximum Gasteiger partial charge on any atom is 0.335 e. The van der Waals surface area contributed by atoms with Crippen molar-refractivity contribution in [2.24, 2.45) is 0 Å². The van der Waals surface area contributed by atoms with E-state index in [9.17, 15) is 9.90 Å². The van der Waals surface area contributed by atoms with Gasteiger partial charge in [-0.2, -0.15) is 0 Å². The summed E-state index contributed by atoms with van der Waals surface area (Å²) in [6, 6.07) is 11.6. The Bertz CT molecular complexity index is 561. The lowest BCUT2D eigenvalue weighted by Gasteiger charge is -2.11. The van der Waals surface area contributed by atoms with Crippen LogP contribution in [0.2, 0.25) is 0 Å². The maximum atomic E-state index is 11.5. The molecule has 0 unspecified atom stereocenters. The van der Waals surface area contributed by atoms with Crippen molar-refractivity contribution >= 4 is 28.6 Å².